The fourth-order valence-electron chi connectivity index (χ4n) is 3.23. The number of sulfonamides is 2. The Balaban J connectivity index is 1.74. The lowest BCUT2D eigenvalue weighted by molar-refractivity contribution is -0.116. The Kier molecular flexibility index (Phi) is 7.93. The van der Waals surface area contributed by atoms with Crippen molar-refractivity contribution < 1.29 is 26.4 Å². The first-order chi connectivity index (χ1) is 16.4. The number of methoxy groups -OCH3 is 1. The molecule has 0 heterocycles. The number of nitrogens with one attached hydrogen (secondary N) is 2. The van der Waals surface area contributed by atoms with E-state index < -0.39 is 32.0 Å². The van der Waals surface area contributed by atoms with Crippen molar-refractivity contribution in [2.75, 3.05) is 27.7 Å². The third-order valence-electron chi connectivity index (χ3n) is 4.94. The van der Waals surface area contributed by atoms with E-state index in [1.54, 1.807) is 24.3 Å². The van der Waals surface area contributed by atoms with Crippen molar-refractivity contribution in [1.82, 2.24) is 0 Å². The summed E-state index contributed by atoms with van der Waals surface area (Å²) in [5.74, 6) is -0.00916. The lowest BCUT2D eigenvalue weighted by Gasteiger charge is -2.28. The van der Waals surface area contributed by atoms with Gasteiger partial charge in [0.25, 0.3) is 10.0 Å². The zero-order chi connectivity index (χ0) is 25.8. The van der Waals surface area contributed by atoms with Crippen LogP contribution in [-0.2, 0) is 24.8 Å². The summed E-state index contributed by atoms with van der Waals surface area (Å²) in [7, 11) is -6.15. The molecule has 3 aromatic carbocycles. The molecule has 3 rings (SSSR count). The fraction of sp³-hybridized carbons (Fsp3) is 0.174. The van der Waals surface area contributed by atoms with Gasteiger partial charge in [0.15, 0.2) is 0 Å². The maximum atomic E-state index is 12.8. The zero-order valence-corrected chi connectivity index (χ0v) is 21.5. The molecule has 0 aromatic heterocycles. The third-order valence-corrected chi connectivity index (χ3v) is 7.83. The van der Waals surface area contributed by atoms with E-state index >= 15 is 0 Å². The number of carbonyl (C=O) groups excluding carboxylic acids is 1. The van der Waals surface area contributed by atoms with E-state index in [0.29, 0.717) is 22.1 Å². The Morgan fingerprint density at radius 3 is 1.94 bits per heavy atom. The minimum atomic E-state index is -3.87. The molecule has 12 heteroatoms. The first-order valence-corrected chi connectivity index (χ1v) is 13.9. The molecule has 0 saturated carbocycles. The van der Waals surface area contributed by atoms with Gasteiger partial charge < -0.3 is 10.1 Å². The van der Waals surface area contributed by atoms with Crippen LogP contribution in [0.25, 0.3) is 0 Å². The Hall–Kier alpha value is -3.28. The SMILES string of the molecule is COc1ccc(NS(=O)(=O)c2ccc(NC(=O)[C@H](C)N(c3ccc(Cl)cc3)S(C)(=O)=O)cc2)cc1. The number of anilines is 3. The highest BCUT2D eigenvalue weighted by atomic mass is 35.5. The zero-order valence-electron chi connectivity index (χ0n) is 19.1. The van der Waals surface area contributed by atoms with Crippen LogP contribution in [0.4, 0.5) is 17.1 Å². The van der Waals surface area contributed by atoms with E-state index in [1.807, 2.05) is 0 Å². The second kappa shape index (κ2) is 10.5. The van der Waals surface area contributed by atoms with Crippen LogP contribution in [0.2, 0.25) is 5.02 Å². The number of amides is 1. The highest BCUT2D eigenvalue weighted by Crippen LogP contribution is 2.24. The van der Waals surface area contributed by atoms with Crippen LogP contribution in [0.3, 0.4) is 0 Å². The van der Waals surface area contributed by atoms with Crippen molar-refractivity contribution in [3.05, 3.63) is 77.8 Å². The second-order valence-electron chi connectivity index (χ2n) is 7.56. The van der Waals surface area contributed by atoms with Gasteiger partial charge >= 0.3 is 0 Å². The molecular formula is C23H24ClN3O6S2. The smallest absolute Gasteiger partial charge is 0.261 e. The van der Waals surface area contributed by atoms with Crippen LogP contribution in [-0.4, -0.2) is 42.2 Å². The van der Waals surface area contributed by atoms with Crippen molar-refractivity contribution in [1.29, 1.82) is 0 Å². The molecule has 186 valence electrons. The number of nitrogens with zero attached hydrogens (tertiary/aromatic N) is 1. The van der Waals surface area contributed by atoms with E-state index in [0.717, 1.165) is 10.6 Å². The Bertz CT molecular complexity index is 1390. The number of carbonyl (C=O) groups is 1. The second-order valence-corrected chi connectivity index (χ2v) is 11.5. The van der Waals surface area contributed by atoms with Gasteiger partial charge in [-0.05, 0) is 79.7 Å². The minimum Gasteiger partial charge on any atom is -0.497 e. The monoisotopic (exact) mass is 537 g/mol. The number of ether oxygens (including phenoxy) is 1. The van der Waals surface area contributed by atoms with Crippen molar-refractivity contribution in [2.24, 2.45) is 0 Å². The van der Waals surface area contributed by atoms with E-state index in [4.69, 9.17) is 16.3 Å². The minimum absolute atomic E-state index is 0.0155. The number of benzene rings is 3. The molecule has 0 bridgehead atoms. The molecule has 35 heavy (non-hydrogen) atoms. The van der Waals surface area contributed by atoms with Crippen LogP contribution in [0.15, 0.2) is 77.7 Å². The summed E-state index contributed by atoms with van der Waals surface area (Å²) in [5, 5.41) is 3.04. The normalized spacial score (nSPS) is 12.5. The highest BCUT2D eigenvalue weighted by molar-refractivity contribution is 7.92. The molecule has 0 aliphatic carbocycles. The van der Waals surface area contributed by atoms with Gasteiger partial charge in [0.2, 0.25) is 15.9 Å². The van der Waals surface area contributed by atoms with Gasteiger partial charge in [-0.25, -0.2) is 16.8 Å². The molecule has 1 amide bonds. The van der Waals surface area contributed by atoms with Crippen LogP contribution < -0.4 is 19.1 Å². The molecule has 0 spiro atoms. The Morgan fingerprint density at radius 2 is 1.43 bits per heavy atom. The van der Waals surface area contributed by atoms with Crippen LogP contribution in [0.5, 0.6) is 5.75 Å². The molecule has 0 aliphatic heterocycles. The van der Waals surface area contributed by atoms with Crippen LogP contribution in [0.1, 0.15) is 6.92 Å². The van der Waals surface area contributed by atoms with E-state index in [9.17, 15) is 21.6 Å². The topological polar surface area (TPSA) is 122 Å². The fourth-order valence-corrected chi connectivity index (χ4v) is 5.59. The van der Waals surface area contributed by atoms with Gasteiger partial charge in [0.05, 0.1) is 23.9 Å². The summed E-state index contributed by atoms with van der Waals surface area (Å²) >= 11 is 5.88. The summed E-state index contributed by atoms with van der Waals surface area (Å²) in [5.41, 5.74) is 0.945. The van der Waals surface area contributed by atoms with Crippen molar-refractivity contribution in [3.63, 3.8) is 0 Å². The molecule has 0 unspecified atom stereocenters. The lowest BCUT2D eigenvalue weighted by atomic mass is 10.2. The molecule has 0 radical (unpaired) electrons. The summed E-state index contributed by atoms with van der Waals surface area (Å²) in [4.78, 5) is 12.8. The van der Waals surface area contributed by atoms with Gasteiger partial charge in [-0.2, -0.15) is 0 Å². The molecule has 3 aromatic rings. The predicted molar refractivity (Wildman–Crippen MR) is 137 cm³/mol. The standard InChI is InChI=1S/C23H24ClN3O6S2/c1-16(27(34(3,29)30)20-10-4-17(24)5-11-20)23(28)25-18-8-14-22(15-9-18)35(31,32)26-19-6-12-21(33-2)13-7-19/h4-16,26H,1-3H3,(H,25,28)/t16-/m0/s1. The molecule has 1 atom stereocenters. The van der Waals surface area contributed by atoms with Crippen molar-refractivity contribution >= 4 is 54.6 Å². The quantitative estimate of drug-likeness (QED) is 0.426. The number of rotatable bonds is 9. The Labute approximate surface area is 209 Å². The van der Waals surface area contributed by atoms with Crippen molar-refractivity contribution in [2.45, 2.75) is 17.9 Å². The number of hydrogen-bond acceptors (Lipinski definition) is 6. The molecule has 0 aliphatic rings. The number of hydrogen-bond donors (Lipinski definition) is 2. The average molecular weight is 538 g/mol. The maximum Gasteiger partial charge on any atom is 0.261 e. The molecule has 0 saturated heterocycles. The first kappa shape index (κ1) is 26.3. The van der Waals surface area contributed by atoms with Crippen LogP contribution >= 0.6 is 11.6 Å². The first-order valence-electron chi connectivity index (χ1n) is 10.2. The van der Waals surface area contributed by atoms with Gasteiger partial charge in [-0.3, -0.25) is 13.8 Å². The summed E-state index contributed by atoms with van der Waals surface area (Å²) in [6, 6.07) is 16.9. The summed E-state index contributed by atoms with van der Waals surface area (Å²) < 4.78 is 58.6. The van der Waals surface area contributed by atoms with Gasteiger partial charge in [-0.1, -0.05) is 11.6 Å². The molecule has 2 N–H and O–H groups in total. The summed E-state index contributed by atoms with van der Waals surface area (Å²) in [6.45, 7) is 1.45. The molecular weight excluding hydrogens is 514 g/mol. The van der Waals surface area contributed by atoms with Gasteiger partial charge in [0.1, 0.15) is 11.8 Å². The number of halogens is 1. The molecule has 0 fully saturated rings. The lowest BCUT2D eigenvalue weighted by Crippen LogP contribution is -2.45. The van der Waals surface area contributed by atoms with Crippen molar-refractivity contribution in [3.8, 4) is 5.75 Å². The van der Waals surface area contributed by atoms with E-state index in [2.05, 4.69) is 10.0 Å². The molecule has 9 nitrogen and oxygen atoms in total. The van der Waals surface area contributed by atoms with E-state index in [1.165, 1.54) is 62.6 Å². The van der Waals surface area contributed by atoms with E-state index in [-0.39, 0.29) is 10.6 Å². The van der Waals surface area contributed by atoms with Crippen LogP contribution in [0, 0.1) is 0 Å². The highest BCUT2D eigenvalue weighted by Gasteiger charge is 2.29. The third kappa shape index (κ3) is 6.65. The maximum absolute atomic E-state index is 12.8. The predicted octanol–water partition coefficient (Wildman–Crippen LogP) is 3.94. The largest absolute Gasteiger partial charge is 0.497 e. The Morgan fingerprint density at radius 1 is 0.886 bits per heavy atom. The van der Waals surface area contributed by atoms with Gasteiger partial charge in [0, 0.05) is 16.4 Å². The summed E-state index contributed by atoms with van der Waals surface area (Å²) in [6.07, 6.45) is 1.00. The average Bonchev–Trinajstić information content (AvgIpc) is 2.80. The van der Waals surface area contributed by atoms with Gasteiger partial charge in [-0.15, -0.1) is 0 Å².